The highest BCUT2D eigenvalue weighted by Gasteiger charge is 2.30. The van der Waals surface area contributed by atoms with Crippen LogP contribution in [0.15, 0.2) is 82.7 Å². The van der Waals surface area contributed by atoms with Crippen LogP contribution in [0.5, 0.6) is 0 Å². The van der Waals surface area contributed by atoms with Gasteiger partial charge in [0.05, 0.1) is 28.8 Å². The normalized spacial score (nSPS) is 15.2. The number of hydrogen-bond donors (Lipinski definition) is 0. The fourth-order valence-electron chi connectivity index (χ4n) is 4.01. The summed E-state index contributed by atoms with van der Waals surface area (Å²) in [7, 11) is -2.79. The average Bonchev–Trinajstić information content (AvgIpc) is 2.87. The maximum absolute atomic E-state index is 13.7. The molecule has 4 rings (SSSR count). The molecule has 1 unspecified atom stereocenters. The summed E-state index contributed by atoms with van der Waals surface area (Å²) in [4.78, 5) is 29.0. The maximum Gasteiger partial charge on any atom is 0.337 e. The molecule has 0 spiro atoms. The minimum atomic E-state index is -4.03. The topological polar surface area (TPSA) is 93.1 Å². The molecular weight excluding hydrogens is 464 g/mol. The van der Waals surface area contributed by atoms with E-state index in [4.69, 9.17) is 4.74 Å². The van der Waals surface area contributed by atoms with Gasteiger partial charge in [-0.1, -0.05) is 60.2 Å². The summed E-state index contributed by atoms with van der Waals surface area (Å²) >= 11 is 0. The number of methoxy groups -OCH3 is 1. The van der Waals surface area contributed by atoms with Crippen LogP contribution in [0.3, 0.4) is 0 Å². The van der Waals surface area contributed by atoms with Crippen molar-refractivity contribution < 1.29 is 22.7 Å². The molecule has 0 radical (unpaired) electrons. The van der Waals surface area contributed by atoms with Gasteiger partial charge in [-0.15, -0.1) is 0 Å². The Bertz CT molecular complexity index is 1480. The fraction of sp³-hybridized carbons (Fsp3) is 0.222. The fourth-order valence-corrected chi connectivity index (χ4v) is 5.52. The predicted molar refractivity (Wildman–Crippen MR) is 132 cm³/mol. The molecule has 7 nitrogen and oxygen atoms in total. The van der Waals surface area contributed by atoms with E-state index >= 15 is 0 Å². The lowest BCUT2D eigenvalue weighted by molar-refractivity contribution is -0.120. The Morgan fingerprint density at radius 2 is 1.80 bits per heavy atom. The highest BCUT2D eigenvalue weighted by molar-refractivity contribution is 7.89. The third-order valence-corrected chi connectivity index (χ3v) is 7.76. The van der Waals surface area contributed by atoms with Crippen LogP contribution in [0, 0.1) is 12.8 Å². The predicted octanol–water partition coefficient (Wildman–Crippen LogP) is 2.27. The third-order valence-electron chi connectivity index (χ3n) is 5.90. The van der Waals surface area contributed by atoms with Crippen molar-refractivity contribution in [2.75, 3.05) is 20.2 Å². The van der Waals surface area contributed by atoms with Gasteiger partial charge >= 0.3 is 5.97 Å². The van der Waals surface area contributed by atoms with E-state index in [1.165, 1.54) is 35.7 Å². The lowest BCUT2D eigenvalue weighted by atomic mass is 10.0. The molecule has 0 saturated heterocycles. The first kappa shape index (κ1) is 24.5. The summed E-state index contributed by atoms with van der Waals surface area (Å²) in [5.41, 5.74) is 2.13. The molecule has 1 atom stereocenters. The van der Waals surface area contributed by atoms with Gasteiger partial charge in [0.25, 0.3) is 5.91 Å². The van der Waals surface area contributed by atoms with Crippen LogP contribution in [0.1, 0.15) is 21.5 Å². The van der Waals surface area contributed by atoms with Crippen LogP contribution in [-0.2, 0) is 26.0 Å². The van der Waals surface area contributed by atoms with Gasteiger partial charge in [-0.05, 0) is 48.4 Å². The molecular formula is C27H26N2O5S. The van der Waals surface area contributed by atoms with E-state index in [0.717, 1.165) is 16.3 Å². The Kier molecular flexibility index (Phi) is 7.23. The second-order valence-electron chi connectivity index (χ2n) is 8.40. The summed E-state index contributed by atoms with van der Waals surface area (Å²) < 4.78 is 33.5. The molecule has 0 fully saturated rings. The zero-order chi connectivity index (χ0) is 25.0. The van der Waals surface area contributed by atoms with Crippen LogP contribution in [-0.4, -0.2) is 44.8 Å². The van der Waals surface area contributed by atoms with Crippen LogP contribution in [0.4, 0.5) is 0 Å². The second kappa shape index (κ2) is 10.3. The molecule has 0 aliphatic carbocycles. The van der Waals surface area contributed by atoms with Gasteiger partial charge in [-0.3, -0.25) is 4.79 Å². The molecule has 1 aliphatic heterocycles. The number of hydrogen-bond acceptors (Lipinski definition) is 5. The average molecular weight is 491 g/mol. The molecule has 0 N–H and O–H groups in total. The number of carbonyl (C=O) groups is 2. The van der Waals surface area contributed by atoms with Crippen molar-refractivity contribution in [2.24, 2.45) is 10.9 Å². The van der Waals surface area contributed by atoms with E-state index in [-0.39, 0.29) is 29.5 Å². The molecule has 1 heterocycles. The second-order valence-corrected chi connectivity index (χ2v) is 10.3. The SMILES string of the molecule is COC(=O)c1cccc(S(=O)(=O)N(CCc2ccccc2)CC2C=c3cc(C)ccc3=NC2=O)c1. The number of ether oxygens (including phenoxy) is 1. The number of nitrogens with zero attached hydrogens (tertiary/aromatic N) is 2. The molecule has 0 saturated carbocycles. The van der Waals surface area contributed by atoms with E-state index in [1.807, 2.05) is 49.4 Å². The molecule has 1 aliphatic rings. The van der Waals surface area contributed by atoms with Crippen molar-refractivity contribution in [1.29, 1.82) is 0 Å². The molecule has 1 amide bonds. The molecule has 3 aromatic carbocycles. The number of carbonyl (C=O) groups excluding carboxylic acids is 2. The quantitative estimate of drug-likeness (QED) is 0.452. The monoisotopic (exact) mass is 490 g/mol. The highest BCUT2D eigenvalue weighted by atomic mass is 32.2. The minimum absolute atomic E-state index is 0.0371. The van der Waals surface area contributed by atoms with Crippen molar-refractivity contribution in [3.05, 3.63) is 100 Å². The zero-order valence-corrected chi connectivity index (χ0v) is 20.4. The first-order valence-corrected chi connectivity index (χ1v) is 12.7. The summed E-state index contributed by atoms with van der Waals surface area (Å²) in [5.74, 6) is -1.73. The largest absolute Gasteiger partial charge is 0.465 e. The first-order valence-electron chi connectivity index (χ1n) is 11.2. The number of sulfonamides is 1. The van der Waals surface area contributed by atoms with Crippen molar-refractivity contribution in [1.82, 2.24) is 4.31 Å². The summed E-state index contributed by atoms with van der Waals surface area (Å²) in [6.45, 7) is 2.05. The Morgan fingerprint density at radius 1 is 1.03 bits per heavy atom. The Labute approximate surface area is 204 Å². The number of benzene rings is 3. The van der Waals surface area contributed by atoms with E-state index in [2.05, 4.69) is 4.99 Å². The molecule has 8 heteroatoms. The van der Waals surface area contributed by atoms with Gasteiger partial charge < -0.3 is 4.74 Å². The first-order chi connectivity index (χ1) is 16.8. The van der Waals surface area contributed by atoms with Crippen molar-refractivity contribution in [2.45, 2.75) is 18.2 Å². The molecule has 3 aromatic rings. The smallest absolute Gasteiger partial charge is 0.337 e. The van der Waals surface area contributed by atoms with Gasteiger partial charge in [-0.2, -0.15) is 4.31 Å². The number of aryl methyl sites for hydroxylation is 1. The minimum Gasteiger partial charge on any atom is -0.465 e. The van der Waals surface area contributed by atoms with Crippen LogP contribution in [0.2, 0.25) is 0 Å². The Morgan fingerprint density at radius 3 is 2.54 bits per heavy atom. The summed E-state index contributed by atoms with van der Waals surface area (Å²) in [5, 5.41) is 1.39. The van der Waals surface area contributed by atoms with Crippen LogP contribution < -0.4 is 10.6 Å². The van der Waals surface area contributed by atoms with Gasteiger partial charge in [0, 0.05) is 13.1 Å². The highest BCUT2D eigenvalue weighted by Crippen LogP contribution is 2.21. The third kappa shape index (κ3) is 5.55. The molecule has 0 bridgehead atoms. The number of esters is 1. The Balaban J connectivity index is 1.70. The number of rotatable bonds is 8. The Hall–Kier alpha value is -3.62. The van der Waals surface area contributed by atoms with E-state index < -0.39 is 21.9 Å². The lowest BCUT2D eigenvalue weighted by Crippen LogP contribution is -2.42. The van der Waals surface area contributed by atoms with Crippen LogP contribution in [0.25, 0.3) is 6.08 Å². The number of fused-ring (bicyclic) bond motifs is 1. The van der Waals surface area contributed by atoms with Gasteiger partial charge in [0.2, 0.25) is 10.0 Å². The van der Waals surface area contributed by atoms with Gasteiger partial charge in [-0.25, -0.2) is 18.2 Å². The number of amides is 1. The lowest BCUT2D eigenvalue weighted by Gasteiger charge is -2.25. The van der Waals surface area contributed by atoms with E-state index in [0.29, 0.717) is 11.8 Å². The zero-order valence-electron chi connectivity index (χ0n) is 19.5. The van der Waals surface area contributed by atoms with Crippen molar-refractivity contribution in [3.8, 4) is 0 Å². The molecule has 0 aromatic heterocycles. The van der Waals surface area contributed by atoms with E-state index in [1.54, 1.807) is 12.1 Å². The van der Waals surface area contributed by atoms with E-state index in [9.17, 15) is 18.0 Å². The standard InChI is InChI=1S/C27H26N2O5S/c1-19-11-12-25-22(15-19)16-23(26(30)28-25)18-29(14-13-20-7-4-3-5-8-20)35(32,33)24-10-6-9-21(17-24)27(31)34-2/h3-12,15-17,23H,13-14,18H2,1-2H3. The molecule has 180 valence electrons. The van der Waals surface area contributed by atoms with Gasteiger partial charge in [0.1, 0.15) is 0 Å². The summed E-state index contributed by atoms with van der Waals surface area (Å²) in [6, 6.07) is 20.9. The summed E-state index contributed by atoms with van der Waals surface area (Å²) in [6.07, 6.45) is 2.25. The molecule has 35 heavy (non-hydrogen) atoms. The van der Waals surface area contributed by atoms with Gasteiger partial charge in [0.15, 0.2) is 0 Å². The maximum atomic E-state index is 13.7. The van der Waals surface area contributed by atoms with Crippen molar-refractivity contribution in [3.63, 3.8) is 0 Å². The van der Waals surface area contributed by atoms with Crippen molar-refractivity contribution >= 4 is 28.0 Å². The van der Waals surface area contributed by atoms with Crippen LogP contribution >= 0.6 is 0 Å².